The van der Waals surface area contributed by atoms with Gasteiger partial charge < -0.3 is 9.47 Å². The summed E-state index contributed by atoms with van der Waals surface area (Å²) in [5.41, 5.74) is 0.962. The monoisotopic (exact) mass is 431 g/mol. The maximum Gasteiger partial charge on any atom is 0.236 e. The van der Waals surface area contributed by atoms with E-state index in [9.17, 15) is 4.79 Å². The van der Waals surface area contributed by atoms with Crippen LogP contribution in [0.3, 0.4) is 0 Å². The lowest BCUT2D eigenvalue weighted by Crippen LogP contribution is -2.13. The van der Waals surface area contributed by atoms with Crippen molar-refractivity contribution in [3.8, 4) is 11.5 Å². The van der Waals surface area contributed by atoms with Gasteiger partial charge >= 0.3 is 0 Å². The minimum absolute atomic E-state index is 0.137. The number of thioether (sulfide) groups is 1. The summed E-state index contributed by atoms with van der Waals surface area (Å²) >= 11 is 8.59. The zero-order valence-corrected chi connectivity index (χ0v) is 16.8. The first-order chi connectivity index (χ1) is 13.7. The van der Waals surface area contributed by atoms with Crippen molar-refractivity contribution in [2.24, 2.45) is 0 Å². The quantitative estimate of drug-likeness (QED) is 0.564. The summed E-state index contributed by atoms with van der Waals surface area (Å²) in [6, 6.07) is 13.1. The molecular weight excluding hydrogens is 418 g/mol. The fourth-order valence-corrected chi connectivity index (χ4v) is 3.86. The Balaban J connectivity index is 1.31. The summed E-state index contributed by atoms with van der Waals surface area (Å²) in [6.07, 6.45) is 3.75. The summed E-state index contributed by atoms with van der Waals surface area (Å²) in [5.74, 6) is 1.62. The van der Waals surface area contributed by atoms with Gasteiger partial charge in [0, 0.05) is 9.92 Å². The average molecular weight is 432 g/mol. The van der Waals surface area contributed by atoms with Crippen molar-refractivity contribution in [1.29, 1.82) is 0 Å². The van der Waals surface area contributed by atoms with Crippen LogP contribution >= 0.6 is 34.7 Å². The van der Waals surface area contributed by atoms with Crippen LogP contribution in [-0.2, 0) is 4.79 Å². The fourth-order valence-electron chi connectivity index (χ4n) is 2.37. The van der Waals surface area contributed by atoms with E-state index in [-0.39, 0.29) is 18.5 Å². The van der Waals surface area contributed by atoms with Gasteiger partial charge in [-0.25, -0.2) is 0 Å². The number of carbonyl (C=O) groups excluding carboxylic acids is 1. The van der Waals surface area contributed by atoms with E-state index < -0.39 is 0 Å². The van der Waals surface area contributed by atoms with Crippen molar-refractivity contribution in [3.63, 3.8) is 0 Å². The Labute approximate surface area is 174 Å². The number of anilines is 1. The van der Waals surface area contributed by atoms with E-state index in [1.54, 1.807) is 12.1 Å². The number of aromatic nitrogens is 2. The van der Waals surface area contributed by atoms with Gasteiger partial charge in [-0.1, -0.05) is 35.1 Å². The number of halogens is 1. The molecule has 1 aliphatic rings. The van der Waals surface area contributed by atoms with Crippen LogP contribution in [0.2, 0.25) is 5.02 Å². The highest BCUT2D eigenvalue weighted by atomic mass is 35.5. The fraction of sp³-hybridized carbons (Fsp3) is 0.105. The van der Waals surface area contributed by atoms with E-state index in [0.29, 0.717) is 15.2 Å². The second-order valence-electron chi connectivity index (χ2n) is 5.68. The Morgan fingerprint density at radius 3 is 2.82 bits per heavy atom. The molecule has 28 heavy (non-hydrogen) atoms. The van der Waals surface area contributed by atoms with Gasteiger partial charge in [0.25, 0.3) is 0 Å². The van der Waals surface area contributed by atoms with Gasteiger partial charge in [-0.15, -0.1) is 22.0 Å². The number of fused-ring (bicyclic) bond motifs is 1. The Morgan fingerprint density at radius 2 is 1.96 bits per heavy atom. The Hall–Kier alpha value is -2.55. The van der Waals surface area contributed by atoms with Crippen LogP contribution in [0.4, 0.5) is 5.13 Å². The van der Waals surface area contributed by atoms with Crippen LogP contribution in [0.5, 0.6) is 11.5 Å². The SMILES string of the molecule is O=C(CSc1ccc(Cl)cc1)Nc1nnc(C=Cc2ccc3c(c2)OCO3)s1. The second kappa shape index (κ2) is 8.64. The molecule has 1 aromatic heterocycles. The molecule has 0 saturated carbocycles. The van der Waals surface area contributed by atoms with E-state index in [1.165, 1.54) is 23.1 Å². The van der Waals surface area contributed by atoms with Crippen LogP contribution < -0.4 is 14.8 Å². The number of hydrogen-bond donors (Lipinski definition) is 1. The standard InChI is InChI=1S/C19H14ClN3O3S2/c20-13-3-5-14(6-4-13)27-10-17(24)21-19-23-22-18(28-19)8-2-12-1-7-15-16(9-12)26-11-25-15/h1-9H,10-11H2,(H,21,23,24). The molecule has 9 heteroatoms. The largest absolute Gasteiger partial charge is 0.454 e. The summed E-state index contributed by atoms with van der Waals surface area (Å²) in [6.45, 7) is 0.248. The van der Waals surface area contributed by atoms with Crippen molar-refractivity contribution >= 4 is 57.9 Å². The number of nitrogens with one attached hydrogen (secondary N) is 1. The Bertz CT molecular complexity index is 1020. The highest BCUT2D eigenvalue weighted by Gasteiger charge is 2.12. The first kappa shape index (κ1) is 18.8. The molecule has 0 radical (unpaired) electrons. The van der Waals surface area contributed by atoms with Gasteiger partial charge in [-0.2, -0.15) is 0 Å². The number of amides is 1. The van der Waals surface area contributed by atoms with Crippen molar-refractivity contribution in [2.75, 3.05) is 17.9 Å². The third kappa shape index (κ3) is 4.83. The van der Waals surface area contributed by atoms with Crippen LogP contribution in [0.25, 0.3) is 12.2 Å². The zero-order valence-electron chi connectivity index (χ0n) is 14.4. The highest BCUT2D eigenvalue weighted by Crippen LogP contribution is 2.33. The predicted molar refractivity (Wildman–Crippen MR) is 112 cm³/mol. The summed E-state index contributed by atoms with van der Waals surface area (Å²) in [7, 11) is 0. The molecule has 0 unspecified atom stereocenters. The van der Waals surface area contributed by atoms with E-state index >= 15 is 0 Å². The van der Waals surface area contributed by atoms with Crippen molar-refractivity contribution in [2.45, 2.75) is 4.90 Å². The number of nitrogens with zero attached hydrogens (tertiary/aromatic N) is 2. The molecule has 0 bridgehead atoms. The van der Waals surface area contributed by atoms with Crippen molar-refractivity contribution < 1.29 is 14.3 Å². The zero-order chi connectivity index (χ0) is 19.3. The van der Waals surface area contributed by atoms with Gasteiger partial charge in [-0.05, 0) is 48.0 Å². The van der Waals surface area contributed by atoms with Gasteiger partial charge in [-0.3, -0.25) is 10.1 Å². The average Bonchev–Trinajstić information content (AvgIpc) is 3.34. The lowest BCUT2D eigenvalue weighted by Gasteiger charge is -2.01. The molecule has 0 aliphatic carbocycles. The Kier molecular flexibility index (Phi) is 5.80. The van der Waals surface area contributed by atoms with Gasteiger partial charge in [0.05, 0.1) is 5.75 Å². The number of carbonyl (C=O) groups is 1. The molecule has 1 N–H and O–H groups in total. The van der Waals surface area contributed by atoms with Gasteiger partial charge in [0.1, 0.15) is 5.01 Å². The van der Waals surface area contributed by atoms with Gasteiger partial charge in [0.2, 0.25) is 17.8 Å². The molecule has 6 nitrogen and oxygen atoms in total. The molecule has 2 aromatic carbocycles. The number of rotatable bonds is 6. The summed E-state index contributed by atoms with van der Waals surface area (Å²) < 4.78 is 10.7. The molecule has 2 heterocycles. The van der Waals surface area contributed by atoms with Crippen LogP contribution in [0, 0.1) is 0 Å². The van der Waals surface area contributed by atoms with E-state index in [0.717, 1.165) is 22.0 Å². The maximum absolute atomic E-state index is 12.1. The molecule has 1 amide bonds. The number of hydrogen-bond acceptors (Lipinski definition) is 7. The molecule has 0 spiro atoms. The normalized spacial score (nSPS) is 12.5. The molecule has 0 atom stereocenters. The van der Waals surface area contributed by atoms with E-state index in [2.05, 4.69) is 15.5 Å². The molecule has 0 saturated heterocycles. The third-order valence-corrected chi connectivity index (χ3v) is 5.75. The van der Waals surface area contributed by atoms with Crippen LogP contribution in [0.15, 0.2) is 47.4 Å². The maximum atomic E-state index is 12.1. The smallest absolute Gasteiger partial charge is 0.236 e. The van der Waals surface area contributed by atoms with Gasteiger partial charge in [0.15, 0.2) is 11.5 Å². The van der Waals surface area contributed by atoms with Crippen LogP contribution in [0.1, 0.15) is 10.6 Å². The molecule has 1 aliphatic heterocycles. The first-order valence-electron chi connectivity index (χ1n) is 8.25. The minimum Gasteiger partial charge on any atom is -0.454 e. The number of ether oxygens (including phenoxy) is 2. The van der Waals surface area contributed by atoms with E-state index in [4.69, 9.17) is 21.1 Å². The van der Waals surface area contributed by atoms with E-state index in [1.807, 2.05) is 42.5 Å². The first-order valence-corrected chi connectivity index (χ1v) is 10.4. The number of benzene rings is 2. The summed E-state index contributed by atoms with van der Waals surface area (Å²) in [4.78, 5) is 13.1. The van der Waals surface area contributed by atoms with Crippen molar-refractivity contribution in [1.82, 2.24) is 10.2 Å². The third-order valence-electron chi connectivity index (χ3n) is 3.69. The molecule has 0 fully saturated rings. The molecule has 3 aromatic rings. The highest BCUT2D eigenvalue weighted by molar-refractivity contribution is 8.00. The van der Waals surface area contributed by atoms with Crippen LogP contribution in [-0.4, -0.2) is 28.7 Å². The second-order valence-corrected chi connectivity index (χ2v) is 8.18. The lowest BCUT2D eigenvalue weighted by atomic mass is 10.2. The predicted octanol–water partition coefficient (Wildman–Crippen LogP) is 4.82. The molecule has 142 valence electrons. The Morgan fingerprint density at radius 1 is 1.14 bits per heavy atom. The topological polar surface area (TPSA) is 73.3 Å². The lowest BCUT2D eigenvalue weighted by molar-refractivity contribution is -0.113. The molecule has 4 rings (SSSR count). The molecular formula is C19H14ClN3O3S2. The summed E-state index contributed by atoms with van der Waals surface area (Å²) in [5, 5.41) is 12.7. The minimum atomic E-state index is -0.137. The van der Waals surface area contributed by atoms with Crippen molar-refractivity contribution in [3.05, 3.63) is 58.1 Å².